The van der Waals surface area contributed by atoms with E-state index in [1.165, 1.54) is 12.1 Å². The molecule has 3 rings (SSSR count). The average molecular weight is 314 g/mol. The van der Waals surface area contributed by atoms with Gasteiger partial charge in [0.25, 0.3) is 5.91 Å². The highest BCUT2D eigenvalue weighted by Crippen LogP contribution is 2.33. The summed E-state index contributed by atoms with van der Waals surface area (Å²) < 4.78 is 13.7. The van der Waals surface area contributed by atoms with Crippen LogP contribution in [-0.4, -0.2) is 45.1 Å². The third kappa shape index (κ3) is 2.84. The van der Waals surface area contributed by atoms with Crippen molar-refractivity contribution in [3.05, 3.63) is 48.0 Å². The van der Waals surface area contributed by atoms with Crippen molar-refractivity contribution in [2.24, 2.45) is 0 Å². The van der Waals surface area contributed by atoms with E-state index in [1.807, 2.05) is 37.0 Å². The first-order valence-corrected chi connectivity index (χ1v) is 7.43. The lowest BCUT2D eigenvalue weighted by molar-refractivity contribution is 0.0982. The molecule has 2 heterocycles. The summed E-state index contributed by atoms with van der Waals surface area (Å²) in [6.07, 6.45) is 1.62. The summed E-state index contributed by atoms with van der Waals surface area (Å²) >= 11 is 0. The van der Waals surface area contributed by atoms with Gasteiger partial charge in [-0.05, 0) is 30.3 Å². The number of carbonyl (C=O) groups is 1. The van der Waals surface area contributed by atoms with Crippen molar-refractivity contribution < 1.29 is 9.18 Å². The highest BCUT2D eigenvalue weighted by Gasteiger charge is 2.27. The summed E-state index contributed by atoms with van der Waals surface area (Å²) in [6.45, 7) is 1.19. The van der Waals surface area contributed by atoms with E-state index < -0.39 is 0 Å². The van der Waals surface area contributed by atoms with Gasteiger partial charge in [-0.25, -0.2) is 4.39 Å². The van der Waals surface area contributed by atoms with E-state index in [1.54, 1.807) is 23.2 Å². The zero-order valence-electron chi connectivity index (χ0n) is 13.5. The second kappa shape index (κ2) is 5.87. The molecule has 120 valence electrons. The molecule has 0 N–H and O–H groups in total. The molecule has 1 amide bonds. The van der Waals surface area contributed by atoms with Crippen LogP contribution in [-0.2, 0) is 0 Å². The Morgan fingerprint density at radius 1 is 1.17 bits per heavy atom. The number of fused-ring (bicyclic) bond motifs is 1. The van der Waals surface area contributed by atoms with Crippen LogP contribution in [0.25, 0.3) is 0 Å². The monoisotopic (exact) mass is 314 g/mol. The number of anilines is 3. The Balaban J connectivity index is 1.99. The average Bonchev–Trinajstić information content (AvgIpc) is 2.54. The summed E-state index contributed by atoms with van der Waals surface area (Å²) in [5.41, 5.74) is 2.68. The van der Waals surface area contributed by atoms with Crippen molar-refractivity contribution in [3.63, 3.8) is 0 Å². The predicted octanol–water partition coefficient (Wildman–Crippen LogP) is 2.38. The van der Waals surface area contributed by atoms with Gasteiger partial charge in [-0.3, -0.25) is 9.78 Å². The smallest absolute Gasteiger partial charge is 0.277 e. The van der Waals surface area contributed by atoms with Crippen molar-refractivity contribution in [2.75, 3.05) is 48.9 Å². The molecule has 1 aromatic carbocycles. The summed E-state index contributed by atoms with van der Waals surface area (Å²) in [4.78, 5) is 22.6. The van der Waals surface area contributed by atoms with Gasteiger partial charge in [-0.15, -0.1) is 0 Å². The topological polar surface area (TPSA) is 39.7 Å². The van der Waals surface area contributed by atoms with Crippen molar-refractivity contribution in [1.29, 1.82) is 0 Å². The molecule has 0 bridgehead atoms. The summed E-state index contributed by atoms with van der Waals surface area (Å²) in [5.74, 6) is -0.569. The number of likely N-dealkylation sites (N-methyl/N-ethyl adjacent to an activating group) is 1. The molecule has 0 saturated carbocycles. The van der Waals surface area contributed by atoms with Crippen LogP contribution in [0.2, 0.25) is 0 Å². The minimum atomic E-state index is -0.355. The number of hydrogen-bond acceptors (Lipinski definition) is 4. The molecule has 6 heteroatoms. The van der Waals surface area contributed by atoms with Crippen LogP contribution in [0.4, 0.5) is 21.5 Å². The summed E-state index contributed by atoms with van der Waals surface area (Å²) in [5, 5.41) is 0. The van der Waals surface area contributed by atoms with E-state index >= 15 is 0 Å². The number of carbonyl (C=O) groups excluding carboxylic acids is 1. The summed E-state index contributed by atoms with van der Waals surface area (Å²) in [7, 11) is 5.75. The summed E-state index contributed by atoms with van der Waals surface area (Å²) in [6, 6.07) is 8.11. The zero-order chi connectivity index (χ0) is 16.6. The number of amides is 1. The van der Waals surface area contributed by atoms with Crippen molar-refractivity contribution >= 4 is 23.0 Å². The van der Waals surface area contributed by atoms with Gasteiger partial charge in [0.1, 0.15) is 11.5 Å². The van der Waals surface area contributed by atoms with Gasteiger partial charge in [0.15, 0.2) is 0 Å². The first-order valence-electron chi connectivity index (χ1n) is 7.43. The van der Waals surface area contributed by atoms with Gasteiger partial charge in [0.05, 0.1) is 11.4 Å². The fourth-order valence-corrected chi connectivity index (χ4v) is 2.69. The quantitative estimate of drug-likeness (QED) is 0.853. The van der Waals surface area contributed by atoms with Crippen LogP contribution < -0.4 is 14.7 Å². The molecule has 2 aromatic rings. The van der Waals surface area contributed by atoms with Crippen LogP contribution >= 0.6 is 0 Å². The van der Waals surface area contributed by atoms with Crippen LogP contribution in [0.3, 0.4) is 0 Å². The lowest BCUT2D eigenvalue weighted by atomic mass is 10.1. The molecule has 23 heavy (non-hydrogen) atoms. The van der Waals surface area contributed by atoms with Crippen LogP contribution in [0, 0.1) is 5.82 Å². The van der Waals surface area contributed by atoms with Crippen LogP contribution in [0.15, 0.2) is 36.5 Å². The molecule has 1 aromatic heterocycles. The zero-order valence-corrected chi connectivity index (χ0v) is 13.5. The molecule has 0 spiro atoms. The van der Waals surface area contributed by atoms with E-state index in [0.717, 1.165) is 11.4 Å². The molecule has 1 aliphatic heterocycles. The van der Waals surface area contributed by atoms with E-state index in [0.29, 0.717) is 24.5 Å². The van der Waals surface area contributed by atoms with Gasteiger partial charge in [-0.2, -0.15) is 0 Å². The number of hydrogen-bond donors (Lipinski definition) is 0. The second-order valence-corrected chi connectivity index (χ2v) is 5.81. The van der Waals surface area contributed by atoms with Crippen molar-refractivity contribution in [2.45, 2.75) is 0 Å². The fourth-order valence-electron chi connectivity index (χ4n) is 2.69. The van der Waals surface area contributed by atoms with Gasteiger partial charge in [-0.1, -0.05) is 0 Å². The van der Waals surface area contributed by atoms with Gasteiger partial charge >= 0.3 is 0 Å². The molecule has 0 aliphatic carbocycles. The lowest BCUT2D eigenvalue weighted by Gasteiger charge is -2.35. The molecule has 5 nitrogen and oxygen atoms in total. The largest absolute Gasteiger partial charge is 0.378 e. The number of pyridine rings is 1. The fraction of sp³-hybridized carbons (Fsp3) is 0.294. The highest BCUT2D eigenvalue weighted by atomic mass is 19.1. The first kappa shape index (κ1) is 15.3. The molecule has 0 radical (unpaired) electrons. The third-order valence-electron chi connectivity index (χ3n) is 4.02. The Labute approximate surface area is 134 Å². The Hall–Kier alpha value is -2.63. The number of aromatic nitrogens is 1. The lowest BCUT2D eigenvalue weighted by Crippen LogP contribution is -2.43. The van der Waals surface area contributed by atoms with Gasteiger partial charge < -0.3 is 14.7 Å². The Bertz CT molecular complexity index is 747. The number of halogens is 1. The minimum absolute atomic E-state index is 0.214. The molecule has 1 aliphatic rings. The molecule has 0 unspecified atom stereocenters. The van der Waals surface area contributed by atoms with E-state index in [2.05, 4.69) is 4.98 Å². The minimum Gasteiger partial charge on any atom is -0.378 e. The number of rotatable bonds is 2. The standard InChI is InChI=1S/C17H19FN4O/c1-20(2)13-6-7-19-14(11-13)17(23)22-9-8-21(3)15-5-4-12(18)10-16(15)22/h4-7,10-11H,8-9H2,1-3H3. The predicted molar refractivity (Wildman–Crippen MR) is 89.9 cm³/mol. The Kier molecular flexibility index (Phi) is 3.90. The molecule has 0 fully saturated rings. The van der Waals surface area contributed by atoms with Crippen molar-refractivity contribution in [1.82, 2.24) is 4.98 Å². The Morgan fingerprint density at radius 2 is 1.96 bits per heavy atom. The van der Waals surface area contributed by atoms with Crippen molar-refractivity contribution in [3.8, 4) is 0 Å². The van der Waals surface area contributed by atoms with E-state index in [-0.39, 0.29) is 11.7 Å². The third-order valence-corrected chi connectivity index (χ3v) is 4.02. The molecular formula is C17H19FN4O. The molecule has 0 saturated heterocycles. The number of benzene rings is 1. The second-order valence-electron chi connectivity index (χ2n) is 5.81. The first-order chi connectivity index (χ1) is 11.0. The van der Waals surface area contributed by atoms with E-state index in [4.69, 9.17) is 0 Å². The molecule has 0 atom stereocenters. The van der Waals surface area contributed by atoms with Crippen LogP contribution in [0.5, 0.6) is 0 Å². The SMILES string of the molecule is CN(C)c1ccnc(C(=O)N2CCN(C)c3ccc(F)cc32)c1. The van der Waals surface area contributed by atoms with Crippen LogP contribution in [0.1, 0.15) is 10.5 Å². The number of nitrogens with zero attached hydrogens (tertiary/aromatic N) is 4. The van der Waals surface area contributed by atoms with Gasteiger partial charge in [0, 0.05) is 46.1 Å². The maximum atomic E-state index is 13.7. The highest BCUT2D eigenvalue weighted by molar-refractivity contribution is 6.07. The Morgan fingerprint density at radius 3 is 2.70 bits per heavy atom. The molecular weight excluding hydrogens is 295 g/mol. The van der Waals surface area contributed by atoms with E-state index in [9.17, 15) is 9.18 Å². The van der Waals surface area contributed by atoms with Gasteiger partial charge in [0.2, 0.25) is 0 Å². The maximum absolute atomic E-state index is 13.7. The normalized spacial score (nSPS) is 13.7. The maximum Gasteiger partial charge on any atom is 0.277 e.